The Morgan fingerprint density at radius 2 is 1.48 bits per heavy atom. The molecule has 1 N–H and O–H groups in total. The van der Waals surface area contributed by atoms with Crippen molar-refractivity contribution in [2.45, 2.75) is 33.1 Å². The number of rotatable bonds is 6. The highest BCUT2D eigenvalue weighted by Crippen LogP contribution is 2.14. The van der Waals surface area contributed by atoms with Crippen molar-refractivity contribution in [1.29, 1.82) is 0 Å². The Hall–Kier alpha value is -2.42. The van der Waals surface area contributed by atoms with Crippen LogP contribution >= 0.6 is 0 Å². The van der Waals surface area contributed by atoms with Crippen LogP contribution in [0.25, 0.3) is 0 Å². The summed E-state index contributed by atoms with van der Waals surface area (Å²) in [6.07, 6.45) is 0.801. The Labute approximate surface area is 137 Å². The minimum Gasteiger partial charge on any atom is -0.352 e. The number of hydrogen-bond donors (Lipinski definition) is 1. The molecule has 0 fully saturated rings. The van der Waals surface area contributed by atoms with Gasteiger partial charge in [-0.05, 0) is 42.5 Å². The summed E-state index contributed by atoms with van der Waals surface area (Å²) < 4.78 is 0. The summed E-state index contributed by atoms with van der Waals surface area (Å²) in [6, 6.07) is 15.2. The highest BCUT2D eigenvalue weighted by Gasteiger charge is 2.06. The van der Waals surface area contributed by atoms with E-state index in [9.17, 15) is 9.59 Å². The molecular weight excluding hydrogens is 286 g/mol. The third kappa shape index (κ3) is 4.78. The van der Waals surface area contributed by atoms with Crippen LogP contribution < -0.4 is 5.32 Å². The van der Waals surface area contributed by atoms with Crippen LogP contribution in [0.1, 0.15) is 58.5 Å². The molecule has 0 aromatic heterocycles. The molecule has 23 heavy (non-hydrogen) atoms. The maximum Gasteiger partial charge on any atom is 0.251 e. The zero-order chi connectivity index (χ0) is 16.8. The van der Waals surface area contributed by atoms with E-state index in [4.69, 9.17) is 0 Å². The number of Topliss-reactive ketones (excluding diaryl/α,β-unsaturated/α-hetero) is 1. The molecule has 0 bridgehead atoms. The molecule has 0 aliphatic heterocycles. The van der Waals surface area contributed by atoms with Gasteiger partial charge in [0.25, 0.3) is 5.91 Å². The monoisotopic (exact) mass is 309 g/mol. The van der Waals surface area contributed by atoms with Crippen LogP contribution in [0.3, 0.4) is 0 Å². The average Bonchev–Trinajstić information content (AvgIpc) is 2.55. The largest absolute Gasteiger partial charge is 0.352 e. The van der Waals surface area contributed by atoms with Crippen molar-refractivity contribution >= 4 is 11.7 Å². The summed E-state index contributed by atoms with van der Waals surface area (Å²) >= 11 is 0. The van der Waals surface area contributed by atoms with Crippen LogP contribution in [0.15, 0.2) is 48.5 Å². The van der Waals surface area contributed by atoms with Crippen LogP contribution in [0.5, 0.6) is 0 Å². The van der Waals surface area contributed by atoms with Crippen molar-refractivity contribution < 1.29 is 9.59 Å². The Balaban J connectivity index is 1.85. The standard InChI is InChI=1S/C20H23NO2/c1-14(2)17-6-4-16(5-7-17)12-13-21-20(23)19-10-8-18(9-11-19)15(3)22/h4-11,14H,12-13H2,1-3H3,(H,21,23). The summed E-state index contributed by atoms with van der Waals surface area (Å²) in [6.45, 7) is 6.45. The lowest BCUT2D eigenvalue weighted by atomic mass is 10.0. The topological polar surface area (TPSA) is 46.2 Å². The quantitative estimate of drug-likeness (QED) is 0.820. The van der Waals surface area contributed by atoms with Crippen molar-refractivity contribution in [1.82, 2.24) is 5.32 Å². The number of carbonyl (C=O) groups excluding carboxylic acids is 2. The summed E-state index contributed by atoms with van der Waals surface area (Å²) in [4.78, 5) is 23.3. The van der Waals surface area contributed by atoms with Crippen LogP contribution in [0.4, 0.5) is 0 Å². The Morgan fingerprint density at radius 1 is 0.913 bits per heavy atom. The Bertz CT molecular complexity index is 670. The fraction of sp³-hybridized carbons (Fsp3) is 0.300. The molecule has 0 saturated heterocycles. The molecule has 0 heterocycles. The van der Waals surface area contributed by atoms with E-state index in [1.165, 1.54) is 18.1 Å². The van der Waals surface area contributed by atoms with Crippen molar-refractivity contribution in [3.05, 3.63) is 70.8 Å². The second-order valence-electron chi connectivity index (χ2n) is 6.04. The highest BCUT2D eigenvalue weighted by atomic mass is 16.1. The van der Waals surface area contributed by atoms with E-state index in [1.54, 1.807) is 24.3 Å². The predicted molar refractivity (Wildman–Crippen MR) is 93.0 cm³/mol. The van der Waals surface area contributed by atoms with Crippen molar-refractivity contribution in [3.8, 4) is 0 Å². The second kappa shape index (κ2) is 7.73. The molecule has 2 aromatic rings. The van der Waals surface area contributed by atoms with Crippen LogP contribution in [0, 0.1) is 0 Å². The predicted octanol–water partition coefficient (Wildman–Crippen LogP) is 3.99. The number of benzene rings is 2. The van der Waals surface area contributed by atoms with Crippen molar-refractivity contribution in [2.24, 2.45) is 0 Å². The lowest BCUT2D eigenvalue weighted by Crippen LogP contribution is -2.25. The maximum absolute atomic E-state index is 12.1. The molecule has 0 aliphatic rings. The summed E-state index contributed by atoms with van der Waals surface area (Å²) in [5.74, 6) is 0.419. The van der Waals surface area contributed by atoms with Crippen LogP contribution in [-0.2, 0) is 6.42 Å². The fourth-order valence-corrected chi connectivity index (χ4v) is 2.35. The number of nitrogens with one attached hydrogen (secondary N) is 1. The van der Waals surface area contributed by atoms with E-state index in [0.717, 1.165) is 6.42 Å². The summed E-state index contributed by atoms with van der Waals surface area (Å²) in [5, 5.41) is 2.91. The molecule has 0 unspecified atom stereocenters. The molecule has 3 nitrogen and oxygen atoms in total. The number of ketones is 1. The Morgan fingerprint density at radius 3 is 2.00 bits per heavy atom. The molecule has 0 aliphatic carbocycles. The summed E-state index contributed by atoms with van der Waals surface area (Å²) in [7, 11) is 0. The molecule has 0 radical (unpaired) electrons. The van der Waals surface area contributed by atoms with Gasteiger partial charge in [-0.25, -0.2) is 0 Å². The number of amides is 1. The zero-order valence-corrected chi connectivity index (χ0v) is 13.9. The van der Waals surface area contributed by atoms with Gasteiger partial charge < -0.3 is 5.32 Å². The van der Waals surface area contributed by atoms with E-state index < -0.39 is 0 Å². The van der Waals surface area contributed by atoms with E-state index in [2.05, 4.69) is 43.4 Å². The number of carbonyl (C=O) groups is 2. The van der Waals surface area contributed by atoms with Gasteiger partial charge in [-0.15, -0.1) is 0 Å². The first-order chi connectivity index (χ1) is 11.0. The first kappa shape index (κ1) is 16.9. The lowest BCUT2D eigenvalue weighted by molar-refractivity contribution is 0.0952. The molecular formula is C20H23NO2. The Kier molecular flexibility index (Phi) is 5.69. The molecule has 0 spiro atoms. The lowest BCUT2D eigenvalue weighted by Gasteiger charge is -2.08. The minimum atomic E-state index is -0.112. The fourth-order valence-electron chi connectivity index (χ4n) is 2.35. The third-order valence-corrected chi connectivity index (χ3v) is 3.90. The normalized spacial score (nSPS) is 10.6. The van der Waals surface area contributed by atoms with Gasteiger partial charge in [-0.2, -0.15) is 0 Å². The summed E-state index contributed by atoms with van der Waals surface area (Å²) in [5.41, 5.74) is 3.72. The molecule has 2 rings (SSSR count). The van der Waals surface area contributed by atoms with Gasteiger partial charge in [0.1, 0.15) is 0 Å². The van der Waals surface area contributed by atoms with E-state index in [-0.39, 0.29) is 11.7 Å². The molecule has 1 amide bonds. The van der Waals surface area contributed by atoms with Crippen molar-refractivity contribution in [2.75, 3.05) is 6.54 Å². The number of hydrogen-bond acceptors (Lipinski definition) is 2. The first-order valence-electron chi connectivity index (χ1n) is 7.95. The van der Waals surface area contributed by atoms with Gasteiger partial charge in [0.2, 0.25) is 0 Å². The van der Waals surface area contributed by atoms with Gasteiger partial charge in [0.05, 0.1) is 0 Å². The molecule has 0 atom stereocenters. The second-order valence-corrected chi connectivity index (χ2v) is 6.04. The third-order valence-electron chi connectivity index (χ3n) is 3.90. The van der Waals surface area contributed by atoms with Gasteiger partial charge in [-0.1, -0.05) is 50.2 Å². The maximum atomic E-state index is 12.1. The molecule has 120 valence electrons. The smallest absolute Gasteiger partial charge is 0.251 e. The zero-order valence-electron chi connectivity index (χ0n) is 13.9. The average molecular weight is 309 g/mol. The van der Waals surface area contributed by atoms with E-state index in [1.807, 2.05) is 0 Å². The minimum absolute atomic E-state index is 0.00167. The van der Waals surface area contributed by atoms with Crippen molar-refractivity contribution in [3.63, 3.8) is 0 Å². The van der Waals surface area contributed by atoms with Gasteiger partial charge in [-0.3, -0.25) is 9.59 Å². The van der Waals surface area contributed by atoms with Gasteiger partial charge in [0.15, 0.2) is 5.78 Å². The SMILES string of the molecule is CC(=O)c1ccc(C(=O)NCCc2ccc(C(C)C)cc2)cc1. The van der Waals surface area contributed by atoms with Gasteiger partial charge in [0, 0.05) is 17.7 Å². The van der Waals surface area contributed by atoms with Gasteiger partial charge >= 0.3 is 0 Å². The van der Waals surface area contributed by atoms with E-state index >= 15 is 0 Å². The molecule has 2 aromatic carbocycles. The van der Waals surface area contributed by atoms with E-state index in [0.29, 0.717) is 23.6 Å². The van der Waals surface area contributed by atoms with Crippen LogP contribution in [-0.4, -0.2) is 18.2 Å². The molecule has 0 saturated carbocycles. The molecule has 3 heteroatoms. The first-order valence-corrected chi connectivity index (χ1v) is 7.95. The highest BCUT2D eigenvalue weighted by molar-refractivity contribution is 5.97. The van der Waals surface area contributed by atoms with Crippen LogP contribution in [0.2, 0.25) is 0 Å².